The molecule has 0 atom stereocenters. The Kier molecular flexibility index (Phi) is 7.28. The van der Waals surface area contributed by atoms with Gasteiger partial charge in [0.2, 0.25) is 0 Å². The average Bonchev–Trinajstić information content (AvgIpc) is 2.72. The summed E-state index contributed by atoms with van der Waals surface area (Å²) in [4.78, 5) is 24.3. The van der Waals surface area contributed by atoms with Crippen molar-refractivity contribution in [3.63, 3.8) is 0 Å². The summed E-state index contributed by atoms with van der Waals surface area (Å²) in [5, 5.41) is 0.636. The van der Waals surface area contributed by atoms with E-state index in [1.165, 1.54) is 29.8 Å². The summed E-state index contributed by atoms with van der Waals surface area (Å²) in [5.74, 6) is -0.735. The summed E-state index contributed by atoms with van der Waals surface area (Å²) in [6.45, 7) is 0.333. The zero-order chi connectivity index (χ0) is 20.6. The highest BCUT2D eigenvalue weighted by atomic mass is 35.5. The minimum Gasteiger partial charge on any atom is -0.462 e. The molecule has 0 aliphatic rings. The summed E-state index contributed by atoms with van der Waals surface area (Å²) in [7, 11) is 0. The maximum atomic E-state index is 12.2. The molecule has 0 amide bonds. The van der Waals surface area contributed by atoms with E-state index in [4.69, 9.17) is 32.7 Å². The van der Waals surface area contributed by atoms with Crippen molar-refractivity contribution in [1.82, 2.24) is 0 Å². The molecular formula is C23H18Cl2O4. The van der Waals surface area contributed by atoms with Gasteiger partial charge in [-0.05, 0) is 60.9 Å². The first kappa shape index (κ1) is 20.9. The van der Waals surface area contributed by atoms with Gasteiger partial charge in [0.05, 0.1) is 22.8 Å². The minimum atomic E-state index is -0.608. The van der Waals surface area contributed by atoms with Crippen LogP contribution in [-0.4, -0.2) is 18.5 Å². The molecule has 148 valence electrons. The molecule has 0 unspecified atom stereocenters. The molecule has 0 aliphatic heterocycles. The Bertz CT molecular complexity index is 986. The molecule has 0 bridgehead atoms. The Morgan fingerprint density at radius 3 is 2.24 bits per heavy atom. The lowest BCUT2D eigenvalue weighted by atomic mass is 10.1. The molecule has 6 heteroatoms. The zero-order valence-electron chi connectivity index (χ0n) is 15.4. The topological polar surface area (TPSA) is 52.6 Å². The molecule has 0 N–H and O–H groups in total. The van der Waals surface area contributed by atoms with Gasteiger partial charge in [-0.1, -0.05) is 53.5 Å². The van der Waals surface area contributed by atoms with Crippen LogP contribution in [0.2, 0.25) is 10.0 Å². The number of benzene rings is 3. The number of rotatable bonds is 7. The van der Waals surface area contributed by atoms with Crippen LogP contribution in [0.15, 0.2) is 72.8 Å². The Morgan fingerprint density at radius 1 is 0.828 bits per heavy atom. The maximum Gasteiger partial charge on any atom is 0.345 e. The van der Waals surface area contributed by atoms with Crippen molar-refractivity contribution in [3.8, 4) is 5.75 Å². The third-order valence-corrected chi connectivity index (χ3v) is 4.69. The van der Waals surface area contributed by atoms with Crippen molar-refractivity contribution in [3.05, 3.63) is 99.5 Å². The average molecular weight is 429 g/mol. The molecule has 3 rings (SSSR count). The lowest BCUT2D eigenvalue weighted by Gasteiger charge is -2.08. The fraction of sp³-hybridized carbons (Fsp3) is 0.130. The van der Waals surface area contributed by atoms with Crippen LogP contribution < -0.4 is 4.74 Å². The smallest absolute Gasteiger partial charge is 0.345 e. The van der Waals surface area contributed by atoms with Gasteiger partial charge in [0.25, 0.3) is 0 Å². The van der Waals surface area contributed by atoms with Crippen LogP contribution in [0.3, 0.4) is 0 Å². The molecule has 4 nitrogen and oxygen atoms in total. The van der Waals surface area contributed by atoms with Gasteiger partial charge in [0.1, 0.15) is 5.75 Å². The highest BCUT2D eigenvalue weighted by Gasteiger charge is 2.14. The number of halogens is 2. The molecule has 0 aliphatic carbocycles. The number of esters is 2. The first-order valence-corrected chi connectivity index (χ1v) is 9.77. The molecule has 0 heterocycles. The molecule has 0 saturated carbocycles. The second-order valence-corrected chi connectivity index (χ2v) is 7.11. The quantitative estimate of drug-likeness (QED) is 0.263. The minimum absolute atomic E-state index is 0.206. The maximum absolute atomic E-state index is 12.2. The number of aryl methyl sites for hydroxylation is 1. The monoisotopic (exact) mass is 428 g/mol. The van der Waals surface area contributed by atoms with Crippen LogP contribution in [0, 0.1) is 0 Å². The lowest BCUT2D eigenvalue weighted by molar-refractivity contribution is 0.0500. The molecule has 3 aromatic carbocycles. The fourth-order valence-electron chi connectivity index (χ4n) is 2.65. The zero-order valence-corrected chi connectivity index (χ0v) is 17.0. The van der Waals surface area contributed by atoms with Crippen LogP contribution in [-0.2, 0) is 11.2 Å². The van der Waals surface area contributed by atoms with E-state index in [2.05, 4.69) is 0 Å². The van der Waals surface area contributed by atoms with E-state index in [0.717, 1.165) is 12.8 Å². The third-order valence-electron chi connectivity index (χ3n) is 4.14. The van der Waals surface area contributed by atoms with E-state index in [1.54, 1.807) is 18.2 Å². The second-order valence-electron chi connectivity index (χ2n) is 6.26. The molecule has 0 spiro atoms. The van der Waals surface area contributed by atoms with Gasteiger partial charge in [-0.3, -0.25) is 0 Å². The summed E-state index contributed by atoms with van der Waals surface area (Å²) in [6.07, 6.45) is 1.59. The summed E-state index contributed by atoms with van der Waals surface area (Å²) in [6, 6.07) is 20.7. The van der Waals surface area contributed by atoms with E-state index in [9.17, 15) is 9.59 Å². The van der Waals surface area contributed by atoms with Crippen LogP contribution >= 0.6 is 23.2 Å². The van der Waals surface area contributed by atoms with Crippen molar-refractivity contribution in [2.45, 2.75) is 12.8 Å². The van der Waals surface area contributed by atoms with E-state index in [-0.39, 0.29) is 10.6 Å². The Morgan fingerprint density at radius 2 is 1.55 bits per heavy atom. The van der Waals surface area contributed by atoms with Crippen molar-refractivity contribution < 1.29 is 19.1 Å². The normalized spacial score (nSPS) is 10.4. The van der Waals surface area contributed by atoms with Gasteiger partial charge in [-0.15, -0.1) is 0 Å². The molecule has 0 fully saturated rings. The summed E-state index contributed by atoms with van der Waals surface area (Å²) >= 11 is 11.8. The fourth-order valence-corrected chi connectivity index (χ4v) is 3.13. The predicted octanol–water partition coefficient (Wildman–Crippen LogP) is 6.00. The number of hydrogen-bond donors (Lipinski definition) is 0. The van der Waals surface area contributed by atoms with Crippen molar-refractivity contribution >= 4 is 35.1 Å². The van der Waals surface area contributed by atoms with Gasteiger partial charge < -0.3 is 9.47 Å². The Labute approximate surface area is 179 Å². The molecule has 0 saturated heterocycles. The van der Waals surface area contributed by atoms with Crippen molar-refractivity contribution in [1.29, 1.82) is 0 Å². The van der Waals surface area contributed by atoms with Crippen LogP contribution in [0.5, 0.6) is 5.75 Å². The van der Waals surface area contributed by atoms with Gasteiger partial charge in [-0.2, -0.15) is 0 Å². The van der Waals surface area contributed by atoms with E-state index < -0.39 is 11.9 Å². The molecular weight excluding hydrogens is 411 g/mol. The standard InChI is InChI=1S/C23H18Cl2O4/c24-18-10-13-20(21(25)15-18)23(27)29-19-11-8-17(9-12-19)22(26)28-14-4-7-16-5-2-1-3-6-16/h1-3,5-6,8-13,15H,4,7,14H2. The number of ether oxygens (including phenoxy) is 2. The SMILES string of the molecule is O=C(OCCCc1ccccc1)c1ccc(OC(=O)c2ccc(Cl)cc2Cl)cc1. The highest BCUT2D eigenvalue weighted by Crippen LogP contribution is 2.23. The lowest BCUT2D eigenvalue weighted by Crippen LogP contribution is -2.10. The van der Waals surface area contributed by atoms with E-state index in [1.807, 2.05) is 30.3 Å². The van der Waals surface area contributed by atoms with E-state index >= 15 is 0 Å². The van der Waals surface area contributed by atoms with Gasteiger partial charge in [-0.25, -0.2) is 9.59 Å². The largest absolute Gasteiger partial charge is 0.462 e. The Hall–Kier alpha value is -2.82. The first-order chi connectivity index (χ1) is 14.0. The number of carbonyl (C=O) groups is 2. The molecule has 0 aromatic heterocycles. The van der Waals surface area contributed by atoms with Gasteiger partial charge in [0.15, 0.2) is 0 Å². The van der Waals surface area contributed by atoms with Crippen LogP contribution in [0.4, 0.5) is 0 Å². The van der Waals surface area contributed by atoms with Gasteiger partial charge in [0, 0.05) is 5.02 Å². The van der Waals surface area contributed by atoms with Gasteiger partial charge >= 0.3 is 11.9 Å². The Balaban J connectivity index is 1.50. The van der Waals surface area contributed by atoms with Crippen LogP contribution in [0.1, 0.15) is 32.7 Å². The van der Waals surface area contributed by atoms with Crippen LogP contribution in [0.25, 0.3) is 0 Å². The summed E-state index contributed by atoms with van der Waals surface area (Å²) < 4.78 is 10.6. The predicted molar refractivity (Wildman–Crippen MR) is 113 cm³/mol. The van der Waals surface area contributed by atoms with Crippen molar-refractivity contribution in [2.24, 2.45) is 0 Å². The first-order valence-electron chi connectivity index (χ1n) is 9.01. The second kappa shape index (κ2) is 10.1. The van der Waals surface area contributed by atoms with Crippen molar-refractivity contribution in [2.75, 3.05) is 6.61 Å². The molecule has 29 heavy (non-hydrogen) atoms. The summed E-state index contributed by atoms with van der Waals surface area (Å²) in [5.41, 5.74) is 1.79. The number of carbonyl (C=O) groups excluding carboxylic acids is 2. The molecule has 0 radical (unpaired) electrons. The molecule has 3 aromatic rings. The number of hydrogen-bond acceptors (Lipinski definition) is 4. The van der Waals surface area contributed by atoms with E-state index in [0.29, 0.717) is 22.9 Å². The highest BCUT2D eigenvalue weighted by molar-refractivity contribution is 6.36. The third kappa shape index (κ3) is 6.08.